The van der Waals surface area contributed by atoms with Crippen molar-refractivity contribution in [3.63, 3.8) is 0 Å². The van der Waals surface area contributed by atoms with E-state index in [4.69, 9.17) is 0 Å². The molecule has 4 unspecified atom stereocenters. The van der Waals surface area contributed by atoms with Crippen LogP contribution in [0.25, 0.3) is 0 Å². The minimum absolute atomic E-state index is 0.0562. The molecule has 2 aliphatic rings. The van der Waals surface area contributed by atoms with Crippen LogP contribution in [0.15, 0.2) is 0 Å². The highest BCUT2D eigenvalue weighted by molar-refractivity contribution is 5.82. The minimum Gasteiger partial charge on any atom is -0.352 e. The average molecular weight is 266 g/mol. The summed E-state index contributed by atoms with van der Waals surface area (Å²) in [6.45, 7) is 5.50. The minimum atomic E-state index is 0.0562. The molecule has 0 aromatic rings. The van der Waals surface area contributed by atoms with Crippen LogP contribution >= 0.6 is 0 Å². The van der Waals surface area contributed by atoms with Gasteiger partial charge in [0, 0.05) is 6.04 Å². The van der Waals surface area contributed by atoms with Crippen molar-refractivity contribution in [1.82, 2.24) is 10.6 Å². The Morgan fingerprint density at radius 3 is 2.58 bits per heavy atom. The summed E-state index contributed by atoms with van der Waals surface area (Å²) in [5, 5.41) is 6.68. The number of nitrogens with one attached hydrogen (secondary N) is 2. The monoisotopic (exact) mass is 266 g/mol. The summed E-state index contributed by atoms with van der Waals surface area (Å²) in [6, 6.07) is 0.482. The highest BCUT2D eigenvalue weighted by Gasteiger charge is 2.28. The van der Waals surface area contributed by atoms with Crippen molar-refractivity contribution in [3.8, 4) is 0 Å². The molecule has 1 amide bonds. The number of rotatable bonds is 4. The van der Waals surface area contributed by atoms with Crippen LogP contribution in [0.2, 0.25) is 0 Å². The van der Waals surface area contributed by atoms with Crippen LogP contribution in [0.3, 0.4) is 0 Å². The van der Waals surface area contributed by atoms with E-state index in [9.17, 15) is 4.79 Å². The van der Waals surface area contributed by atoms with Crippen molar-refractivity contribution in [3.05, 3.63) is 0 Å². The van der Waals surface area contributed by atoms with Crippen molar-refractivity contribution in [2.45, 2.75) is 77.3 Å². The molecule has 3 nitrogen and oxygen atoms in total. The van der Waals surface area contributed by atoms with Crippen molar-refractivity contribution in [1.29, 1.82) is 0 Å². The Balaban J connectivity index is 1.79. The Kier molecular flexibility index (Phi) is 5.68. The summed E-state index contributed by atoms with van der Waals surface area (Å²) in [4.78, 5) is 12.3. The number of amides is 1. The van der Waals surface area contributed by atoms with Crippen molar-refractivity contribution in [2.75, 3.05) is 6.54 Å². The van der Waals surface area contributed by atoms with Gasteiger partial charge in [-0.15, -0.1) is 0 Å². The maximum absolute atomic E-state index is 12.3. The van der Waals surface area contributed by atoms with Gasteiger partial charge >= 0.3 is 0 Å². The van der Waals surface area contributed by atoms with Crippen LogP contribution in [0.5, 0.6) is 0 Å². The van der Waals surface area contributed by atoms with Crippen LogP contribution in [-0.4, -0.2) is 24.5 Å². The zero-order chi connectivity index (χ0) is 13.7. The number of carbonyl (C=O) groups excluding carboxylic acids is 1. The molecule has 1 saturated carbocycles. The lowest BCUT2D eigenvalue weighted by Gasteiger charge is -2.33. The van der Waals surface area contributed by atoms with Gasteiger partial charge in [0.2, 0.25) is 5.91 Å². The van der Waals surface area contributed by atoms with Gasteiger partial charge in [-0.1, -0.05) is 39.5 Å². The van der Waals surface area contributed by atoms with E-state index in [0.29, 0.717) is 6.04 Å². The third-order valence-corrected chi connectivity index (χ3v) is 5.11. The van der Waals surface area contributed by atoms with E-state index in [2.05, 4.69) is 24.5 Å². The van der Waals surface area contributed by atoms with Gasteiger partial charge in [0.25, 0.3) is 0 Å². The molecule has 0 aromatic heterocycles. The number of carbonyl (C=O) groups is 1. The van der Waals surface area contributed by atoms with Crippen LogP contribution < -0.4 is 10.6 Å². The first-order valence-electron chi connectivity index (χ1n) is 8.26. The van der Waals surface area contributed by atoms with E-state index in [0.717, 1.165) is 24.8 Å². The zero-order valence-electron chi connectivity index (χ0n) is 12.6. The maximum atomic E-state index is 12.3. The summed E-state index contributed by atoms with van der Waals surface area (Å²) in [5.74, 6) is 1.80. The molecule has 0 radical (unpaired) electrons. The topological polar surface area (TPSA) is 41.1 Å². The second-order valence-electron chi connectivity index (χ2n) is 6.45. The van der Waals surface area contributed by atoms with Crippen molar-refractivity contribution >= 4 is 5.91 Å². The maximum Gasteiger partial charge on any atom is 0.237 e. The number of hydrogen-bond donors (Lipinski definition) is 2. The van der Waals surface area contributed by atoms with Crippen LogP contribution in [0.1, 0.15) is 65.2 Å². The molecular weight excluding hydrogens is 236 g/mol. The van der Waals surface area contributed by atoms with Gasteiger partial charge in [-0.25, -0.2) is 0 Å². The second kappa shape index (κ2) is 7.28. The van der Waals surface area contributed by atoms with E-state index < -0.39 is 0 Å². The molecule has 19 heavy (non-hydrogen) atoms. The molecule has 1 saturated heterocycles. The molecule has 2 N–H and O–H groups in total. The molecule has 4 atom stereocenters. The Morgan fingerprint density at radius 1 is 1.11 bits per heavy atom. The highest BCUT2D eigenvalue weighted by atomic mass is 16.2. The Labute approximate surface area is 117 Å². The summed E-state index contributed by atoms with van der Waals surface area (Å²) >= 11 is 0. The van der Waals surface area contributed by atoms with Crippen molar-refractivity contribution < 1.29 is 4.79 Å². The zero-order valence-corrected chi connectivity index (χ0v) is 12.6. The Hall–Kier alpha value is -0.570. The normalized spacial score (nSPS) is 35.9. The van der Waals surface area contributed by atoms with Gasteiger partial charge in [-0.3, -0.25) is 4.79 Å². The second-order valence-corrected chi connectivity index (χ2v) is 6.45. The van der Waals surface area contributed by atoms with E-state index >= 15 is 0 Å². The molecule has 0 bridgehead atoms. The van der Waals surface area contributed by atoms with Gasteiger partial charge in [0.05, 0.1) is 6.04 Å². The van der Waals surface area contributed by atoms with Gasteiger partial charge in [-0.05, 0) is 44.1 Å². The first-order chi connectivity index (χ1) is 9.22. The summed E-state index contributed by atoms with van der Waals surface area (Å²) in [5.41, 5.74) is 0. The highest BCUT2D eigenvalue weighted by Crippen LogP contribution is 2.27. The fraction of sp³-hybridized carbons (Fsp3) is 0.938. The lowest BCUT2D eigenvalue weighted by Crippen LogP contribution is -2.51. The number of hydrogen-bond acceptors (Lipinski definition) is 2. The summed E-state index contributed by atoms with van der Waals surface area (Å²) in [7, 11) is 0. The summed E-state index contributed by atoms with van der Waals surface area (Å²) in [6.07, 6.45) is 9.69. The smallest absolute Gasteiger partial charge is 0.237 e. The first-order valence-corrected chi connectivity index (χ1v) is 8.26. The molecule has 1 heterocycles. The average Bonchev–Trinajstić information content (AvgIpc) is 2.47. The van der Waals surface area contributed by atoms with E-state index in [1.165, 1.54) is 44.9 Å². The molecule has 3 heteroatoms. The molecule has 1 aliphatic heterocycles. The molecule has 2 rings (SSSR count). The third kappa shape index (κ3) is 4.20. The standard InChI is InChI=1S/C16H30N2O/c1-3-12-6-5-7-14(10-12)18-16(19)15-11-13(4-2)8-9-17-15/h12-15,17H,3-11H2,1-2H3,(H,18,19). The fourth-order valence-corrected chi connectivity index (χ4v) is 3.66. The van der Waals surface area contributed by atoms with Crippen LogP contribution in [0.4, 0.5) is 0 Å². The summed E-state index contributed by atoms with van der Waals surface area (Å²) < 4.78 is 0. The van der Waals surface area contributed by atoms with E-state index in [-0.39, 0.29) is 11.9 Å². The van der Waals surface area contributed by atoms with E-state index in [1.54, 1.807) is 0 Å². The quantitative estimate of drug-likeness (QED) is 0.821. The van der Waals surface area contributed by atoms with Gasteiger partial charge < -0.3 is 10.6 Å². The largest absolute Gasteiger partial charge is 0.352 e. The van der Waals surface area contributed by atoms with Crippen LogP contribution in [-0.2, 0) is 4.79 Å². The Bertz CT molecular complexity index is 292. The lowest BCUT2D eigenvalue weighted by molar-refractivity contribution is -0.125. The lowest BCUT2D eigenvalue weighted by atomic mass is 9.84. The predicted octanol–water partition coefficient (Wildman–Crippen LogP) is 2.85. The van der Waals surface area contributed by atoms with Crippen molar-refractivity contribution in [2.24, 2.45) is 11.8 Å². The Morgan fingerprint density at radius 2 is 1.84 bits per heavy atom. The van der Waals surface area contributed by atoms with Gasteiger partial charge in [-0.2, -0.15) is 0 Å². The first kappa shape index (κ1) is 14.8. The number of piperidine rings is 1. The third-order valence-electron chi connectivity index (χ3n) is 5.11. The molecule has 0 aromatic carbocycles. The van der Waals surface area contributed by atoms with Crippen LogP contribution in [0, 0.1) is 11.8 Å². The van der Waals surface area contributed by atoms with Gasteiger partial charge in [0.1, 0.15) is 0 Å². The predicted molar refractivity (Wildman–Crippen MR) is 79.0 cm³/mol. The van der Waals surface area contributed by atoms with Gasteiger partial charge in [0.15, 0.2) is 0 Å². The molecule has 2 fully saturated rings. The molecule has 110 valence electrons. The molecular formula is C16H30N2O. The molecule has 0 spiro atoms. The molecule has 1 aliphatic carbocycles. The van der Waals surface area contributed by atoms with E-state index in [1.807, 2.05) is 0 Å². The fourth-order valence-electron chi connectivity index (χ4n) is 3.66. The SMILES string of the molecule is CCC1CCCC(NC(=O)C2CC(CC)CCN2)C1.